The number of rotatable bonds is 10. The molecule has 1 aliphatic heterocycles. The average Bonchev–Trinajstić information content (AvgIpc) is 3.13. The van der Waals surface area contributed by atoms with Gasteiger partial charge in [-0.1, -0.05) is 29.8 Å². The molecule has 9 nitrogen and oxygen atoms in total. The molecule has 0 aliphatic carbocycles. The number of nitrogens with zero attached hydrogens (tertiary/aromatic N) is 3. The number of carbonyl (C=O) groups is 1. The lowest BCUT2D eigenvalue weighted by atomic mass is 9.88. The van der Waals surface area contributed by atoms with Gasteiger partial charge in [0.25, 0.3) is 0 Å². The summed E-state index contributed by atoms with van der Waals surface area (Å²) in [4.78, 5) is 24.2. The van der Waals surface area contributed by atoms with E-state index in [4.69, 9.17) is 25.3 Å². The molecule has 4 rings (SSSR count). The van der Waals surface area contributed by atoms with Crippen molar-refractivity contribution in [3.8, 4) is 22.8 Å². The third-order valence-electron chi connectivity index (χ3n) is 6.96. The standard InChI is InChI=1S/C29H36N4O5/c1-18-6-8-19(9-7-18)26-27-20(28(2,30)17-33(27)4)14-25(32-26)29(3,36)11-10-22(35)21-15-23(37-5)24(16-31-21)38-13-12-34/h6-9,14-16,34,36H,10-13,17,30H2,1-5H3. The number of carbonyl (C=O) groups excluding carboxylic acids is 1. The second-order valence-corrected chi connectivity index (χ2v) is 10.4. The molecule has 0 saturated heterocycles. The molecular weight excluding hydrogens is 484 g/mol. The predicted octanol–water partition coefficient (Wildman–Crippen LogP) is 3.33. The summed E-state index contributed by atoms with van der Waals surface area (Å²) in [5.74, 6) is 0.435. The number of aliphatic hydroxyl groups excluding tert-OH is 1. The van der Waals surface area contributed by atoms with E-state index in [1.807, 2.05) is 51.2 Å². The average molecular weight is 521 g/mol. The summed E-state index contributed by atoms with van der Waals surface area (Å²) in [5.41, 5.74) is 10.0. The fourth-order valence-electron chi connectivity index (χ4n) is 4.82. The van der Waals surface area contributed by atoms with Crippen LogP contribution in [0.2, 0.25) is 0 Å². The van der Waals surface area contributed by atoms with Crippen molar-refractivity contribution in [1.29, 1.82) is 0 Å². The minimum Gasteiger partial charge on any atom is -0.493 e. The number of aromatic nitrogens is 2. The number of ketones is 1. The first-order chi connectivity index (χ1) is 18.0. The van der Waals surface area contributed by atoms with Crippen LogP contribution in [-0.2, 0) is 11.1 Å². The molecule has 3 heterocycles. The van der Waals surface area contributed by atoms with Gasteiger partial charge in [0.1, 0.15) is 17.9 Å². The maximum atomic E-state index is 13.0. The third kappa shape index (κ3) is 5.50. The Morgan fingerprint density at radius 2 is 1.95 bits per heavy atom. The van der Waals surface area contributed by atoms with Crippen LogP contribution in [0.1, 0.15) is 54.0 Å². The summed E-state index contributed by atoms with van der Waals surface area (Å²) in [6.07, 6.45) is 1.57. The monoisotopic (exact) mass is 520 g/mol. The van der Waals surface area contributed by atoms with Crippen LogP contribution in [0, 0.1) is 6.92 Å². The number of ether oxygens (including phenoxy) is 2. The van der Waals surface area contributed by atoms with Gasteiger partial charge in [-0.15, -0.1) is 0 Å². The van der Waals surface area contributed by atoms with Gasteiger partial charge in [-0.3, -0.25) is 4.79 Å². The van der Waals surface area contributed by atoms with Crippen LogP contribution in [0.5, 0.6) is 11.5 Å². The van der Waals surface area contributed by atoms with E-state index >= 15 is 0 Å². The largest absolute Gasteiger partial charge is 0.493 e. The molecule has 0 radical (unpaired) electrons. The van der Waals surface area contributed by atoms with Crippen molar-refractivity contribution in [3.63, 3.8) is 0 Å². The Balaban J connectivity index is 1.63. The molecule has 0 saturated carbocycles. The number of methoxy groups -OCH3 is 1. The van der Waals surface area contributed by atoms with Gasteiger partial charge in [0.2, 0.25) is 0 Å². The number of hydrogen-bond acceptors (Lipinski definition) is 9. The van der Waals surface area contributed by atoms with Crippen LogP contribution in [0.4, 0.5) is 5.69 Å². The van der Waals surface area contributed by atoms with Crippen LogP contribution < -0.4 is 20.1 Å². The third-order valence-corrected chi connectivity index (χ3v) is 6.96. The van der Waals surface area contributed by atoms with Crippen molar-refractivity contribution in [2.75, 3.05) is 38.8 Å². The number of likely N-dealkylation sites (N-methyl/N-ethyl adjacent to an activating group) is 1. The predicted molar refractivity (Wildman–Crippen MR) is 146 cm³/mol. The molecule has 0 spiro atoms. The molecule has 202 valence electrons. The number of fused-ring (bicyclic) bond motifs is 1. The van der Waals surface area contributed by atoms with Gasteiger partial charge < -0.3 is 30.3 Å². The highest BCUT2D eigenvalue weighted by molar-refractivity contribution is 5.94. The lowest BCUT2D eigenvalue weighted by molar-refractivity contribution is 0.0396. The second-order valence-electron chi connectivity index (χ2n) is 10.4. The van der Waals surface area contributed by atoms with E-state index in [0.717, 1.165) is 28.1 Å². The highest BCUT2D eigenvalue weighted by Gasteiger charge is 2.39. The van der Waals surface area contributed by atoms with E-state index in [1.165, 1.54) is 19.4 Å². The molecule has 2 atom stereocenters. The zero-order valence-corrected chi connectivity index (χ0v) is 22.6. The van der Waals surface area contributed by atoms with Gasteiger partial charge in [-0.25, -0.2) is 9.97 Å². The molecular formula is C29H36N4O5. The Kier molecular flexibility index (Phi) is 7.73. The molecule has 0 bridgehead atoms. The summed E-state index contributed by atoms with van der Waals surface area (Å²) in [5, 5.41) is 20.5. The molecule has 1 aliphatic rings. The fraction of sp³-hybridized carbons (Fsp3) is 0.414. The highest BCUT2D eigenvalue weighted by atomic mass is 16.5. The number of pyridine rings is 2. The van der Waals surface area contributed by atoms with E-state index in [0.29, 0.717) is 23.7 Å². The van der Waals surface area contributed by atoms with Crippen LogP contribution in [0.15, 0.2) is 42.6 Å². The Bertz CT molecular complexity index is 1320. The molecule has 3 aromatic rings. The zero-order chi connectivity index (χ0) is 27.7. The molecule has 0 amide bonds. The van der Waals surface area contributed by atoms with Crippen LogP contribution in [-0.4, -0.2) is 59.9 Å². The first kappa shape index (κ1) is 27.5. The minimum absolute atomic E-state index is 0.0401. The minimum atomic E-state index is -1.39. The molecule has 9 heteroatoms. The van der Waals surface area contributed by atoms with E-state index in [2.05, 4.69) is 9.88 Å². The number of hydrogen-bond donors (Lipinski definition) is 3. The maximum absolute atomic E-state index is 13.0. The topological polar surface area (TPSA) is 131 Å². The van der Waals surface area contributed by atoms with E-state index in [1.54, 1.807) is 6.92 Å². The van der Waals surface area contributed by atoms with Gasteiger partial charge >= 0.3 is 0 Å². The normalized spacial score (nSPS) is 18.2. The number of aliphatic hydroxyl groups is 2. The lowest BCUT2D eigenvalue weighted by Gasteiger charge is -2.26. The van der Waals surface area contributed by atoms with Gasteiger partial charge in [-0.05, 0) is 33.3 Å². The van der Waals surface area contributed by atoms with Gasteiger partial charge in [-0.2, -0.15) is 0 Å². The van der Waals surface area contributed by atoms with Crippen molar-refractivity contribution in [3.05, 3.63) is 65.1 Å². The van der Waals surface area contributed by atoms with Crippen LogP contribution in [0.3, 0.4) is 0 Å². The number of benzene rings is 1. The van der Waals surface area contributed by atoms with Crippen LogP contribution >= 0.6 is 0 Å². The smallest absolute Gasteiger partial charge is 0.181 e. The summed E-state index contributed by atoms with van der Waals surface area (Å²) in [7, 11) is 3.46. The SMILES string of the molecule is COc1cc(C(=O)CCC(C)(O)c2cc3c(c(-c4ccc(C)cc4)n2)N(C)CC3(C)N)ncc1OCCO. The molecule has 1 aromatic carbocycles. The van der Waals surface area contributed by atoms with Crippen LogP contribution in [0.25, 0.3) is 11.3 Å². The first-order valence-corrected chi connectivity index (χ1v) is 12.6. The van der Waals surface area contributed by atoms with E-state index in [-0.39, 0.29) is 37.5 Å². The Morgan fingerprint density at radius 3 is 2.61 bits per heavy atom. The lowest BCUT2D eigenvalue weighted by Crippen LogP contribution is -2.37. The molecule has 2 aromatic heterocycles. The molecule has 4 N–H and O–H groups in total. The molecule has 2 unspecified atom stereocenters. The number of anilines is 1. The number of nitrogens with two attached hydrogens (primary N) is 1. The summed E-state index contributed by atoms with van der Waals surface area (Å²) in [6.45, 7) is 6.23. The highest BCUT2D eigenvalue weighted by Crippen LogP contribution is 2.44. The maximum Gasteiger partial charge on any atom is 0.181 e. The Hall–Kier alpha value is -3.53. The van der Waals surface area contributed by atoms with Gasteiger partial charge in [0.15, 0.2) is 17.3 Å². The summed E-state index contributed by atoms with van der Waals surface area (Å²) in [6, 6.07) is 11.5. The van der Waals surface area contributed by atoms with Crippen molar-refractivity contribution in [2.45, 2.75) is 44.8 Å². The fourth-order valence-corrected chi connectivity index (χ4v) is 4.82. The molecule has 0 fully saturated rings. The van der Waals surface area contributed by atoms with Crippen molar-refractivity contribution >= 4 is 11.5 Å². The summed E-state index contributed by atoms with van der Waals surface area (Å²) >= 11 is 0. The number of aryl methyl sites for hydroxylation is 1. The van der Waals surface area contributed by atoms with Crippen molar-refractivity contribution in [1.82, 2.24) is 9.97 Å². The van der Waals surface area contributed by atoms with E-state index < -0.39 is 11.1 Å². The van der Waals surface area contributed by atoms with Gasteiger partial charge in [0, 0.05) is 37.2 Å². The summed E-state index contributed by atoms with van der Waals surface area (Å²) < 4.78 is 10.7. The second kappa shape index (κ2) is 10.7. The number of Topliss-reactive ketones (excluding diaryl/α,β-unsaturated/α-hetero) is 1. The first-order valence-electron chi connectivity index (χ1n) is 12.6. The van der Waals surface area contributed by atoms with Gasteiger partial charge in [0.05, 0.1) is 42.5 Å². The Morgan fingerprint density at radius 1 is 1.24 bits per heavy atom. The molecule has 38 heavy (non-hydrogen) atoms. The van der Waals surface area contributed by atoms with Crippen molar-refractivity contribution < 1.29 is 24.5 Å². The van der Waals surface area contributed by atoms with Crippen molar-refractivity contribution in [2.24, 2.45) is 5.73 Å². The van der Waals surface area contributed by atoms with E-state index in [9.17, 15) is 9.90 Å². The zero-order valence-electron chi connectivity index (χ0n) is 22.6. The quantitative estimate of drug-likeness (QED) is 0.345. The Labute approximate surface area is 223 Å².